The Balaban J connectivity index is 1.58. The van der Waals surface area contributed by atoms with E-state index in [9.17, 15) is 16.8 Å². The van der Waals surface area contributed by atoms with E-state index >= 15 is 0 Å². The van der Waals surface area contributed by atoms with Crippen LogP contribution >= 0.6 is 0 Å². The molecule has 1 atom stereocenters. The average Bonchev–Trinajstić information content (AvgIpc) is 3.41. The quantitative estimate of drug-likeness (QED) is 0.819. The lowest BCUT2D eigenvalue weighted by molar-refractivity contribution is 0.476. The van der Waals surface area contributed by atoms with E-state index in [4.69, 9.17) is 4.74 Å². The van der Waals surface area contributed by atoms with Crippen LogP contribution in [0.3, 0.4) is 0 Å². The number of benzene rings is 2. The summed E-state index contributed by atoms with van der Waals surface area (Å²) in [6.07, 6.45) is 4.14. The second-order valence-corrected chi connectivity index (χ2v) is 11.1. The van der Waals surface area contributed by atoms with Crippen molar-refractivity contribution in [3.8, 4) is 11.5 Å². The minimum atomic E-state index is -3.34. The first-order chi connectivity index (χ1) is 12.7. The van der Waals surface area contributed by atoms with Crippen LogP contribution in [0.25, 0.3) is 0 Å². The van der Waals surface area contributed by atoms with Gasteiger partial charge in [-0.25, -0.2) is 16.8 Å². The van der Waals surface area contributed by atoms with Crippen molar-refractivity contribution in [3.63, 3.8) is 0 Å². The first kappa shape index (κ1) is 18.3. The van der Waals surface area contributed by atoms with Gasteiger partial charge in [-0.1, -0.05) is 6.07 Å². The van der Waals surface area contributed by atoms with E-state index in [0.29, 0.717) is 40.3 Å². The summed E-state index contributed by atoms with van der Waals surface area (Å²) in [7, 11) is -6.62. The predicted octanol–water partition coefficient (Wildman–Crippen LogP) is 3.52. The van der Waals surface area contributed by atoms with Crippen LogP contribution in [0.15, 0.2) is 47.4 Å². The zero-order valence-electron chi connectivity index (χ0n) is 14.9. The van der Waals surface area contributed by atoms with Crippen molar-refractivity contribution in [2.75, 3.05) is 16.7 Å². The van der Waals surface area contributed by atoms with Gasteiger partial charge < -0.3 is 4.74 Å². The molecule has 2 aromatic rings. The van der Waals surface area contributed by atoms with E-state index in [1.165, 1.54) is 12.8 Å². The SMILES string of the molecule is CS(=O)(=O)Nc1ccc(Oc2ccc3c(c2)S(=O)(=O)CCC3C2CC2)cc1. The Bertz CT molecular complexity index is 1070. The van der Waals surface area contributed by atoms with Gasteiger partial charge in [-0.15, -0.1) is 0 Å². The molecule has 8 heteroatoms. The lowest BCUT2D eigenvalue weighted by Gasteiger charge is -2.25. The summed E-state index contributed by atoms with van der Waals surface area (Å²) in [6.45, 7) is 0. The monoisotopic (exact) mass is 407 g/mol. The molecule has 0 spiro atoms. The molecule has 27 heavy (non-hydrogen) atoms. The Morgan fingerprint density at radius 2 is 1.67 bits per heavy atom. The number of rotatable bonds is 5. The van der Waals surface area contributed by atoms with Crippen molar-refractivity contribution in [1.82, 2.24) is 0 Å². The van der Waals surface area contributed by atoms with Crippen LogP contribution in [0.2, 0.25) is 0 Å². The van der Waals surface area contributed by atoms with Crippen LogP contribution in [0.1, 0.15) is 30.7 Å². The van der Waals surface area contributed by atoms with Gasteiger partial charge in [-0.3, -0.25) is 4.72 Å². The van der Waals surface area contributed by atoms with Gasteiger partial charge in [0.15, 0.2) is 9.84 Å². The van der Waals surface area contributed by atoms with Crippen molar-refractivity contribution < 1.29 is 21.6 Å². The second-order valence-electron chi connectivity index (χ2n) is 7.25. The van der Waals surface area contributed by atoms with Gasteiger partial charge in [0.2, 0.25) is 10.0 Å². The number of sulfone groups is 1. The van der Waals surface area contributed by atoms with Crippen LogP contribution < -0.4 is 9.46 Å². The Kier molecular flexibility index (Phi) is 4.43. The molecule has 0 bridgehead atoms. The molecule has 0 aromatic heterocycles. The molecule has 1 aliphatic carbocycles. The lowest BCUT2D eigenvalue weighted by atomic mass is 9.91. The van der Waals surface area contributed by atoms with Gasteiger partial charge in [0, 0.05) is 5.69 Å². The highest BCUT2D eigenvalue weighted by Crippen LogP contribution is 2.49. The molecule has 0 amide bonds. The molecule has 0 radical (unpaired) electrons. The van der Waals surface area contributed by atoms with Crippen LogP contribution in [-0.4, -0.2) is 28.8 Å². The summed E-state index contributed by atoms with van der Waals surface area (Å²) in [6, 6.07) is 11.7. The minimum absolute atomic E-state index is 0.191. The van der Waals surface area contributed by atoms with Gasteiger partial charge in [0.05, 0.1) is 16.9 Å². The van der Waals surface area contributed by atoms with Crippen molar-refractivity contribution in [2.45, 2.75) is 30.1 Å². The Hall–Kier alpha value is -2.06. The lowest BCUT2D eigenvalue weighted by Crippen LogP contribution is -2.21. The highest BCUT2D eigenvalue weighted by molar-refractivity contribution is 7.92. The van der Waals surface area contributed by atoms with E-state index in [2.05, 4.69) is 4.72 Å². The molecule has 2 aliphatic rings. The number of fused-ring (bicyclic) bond motifs is 1. The highest BCUT2D eigenvalue weighted by Gasteiger charge is 2.39. The van der Waals surface area contributed by atoms with Gasteiger partial charge in [-0.2, -0.15) is 0 Å². The van der Waals surface area contributed by atoms with Crippen molar-refractivity contribution in [1.29, 1.82) is 0 Å². The molecule has 2 aromatic carbocycles. The zero-order chi connectivity index (χ0) is 19.2. The van der Waals surface area contributed by atoms with Crippen molar-refractivity contribution in [2.24, 2.45) is 5.92 Å². The Morgan fingerprint density at radius 1 is 1.00 bits per heavy atom. The summed E-state index contributed by atoms with van der Waals surface area (Å²) >= 11 is 0. The molecular weight excluding hydrogens is 386 g/mol. The van der Waals surface area contributed by atoms with Gasteiger partial charge in [0.25, 0.3) is 0 Å². The largest absolute Gasteiger partial charge is 0.457 e. The zero-order valence-corrected chi connectivity index (χ0v) is 16.5. The molecular formula is C19H21NO5S2. The molecule has 1 unspecified atom stereocenters. The molecule has 4 rings (SSSR count). The van der Waals surface area contributed by atoms with Crippen LogP contribution in [0.4, 0.5) is 5.69 Å². The topological polar surface area (TPSA) is 89.5 Å². The summed E-state index contributed by atoms with van der Waals surface area (Å²) in [5, 5.41) is 0. The van der Waals surface area contributed by atoms with Crippen molar-refractivity contribution >= 4 is 25.5 Å². The number of ether oxygens (including phenoxy) is 1. The maximum atomic E-state index is 12.5. The summed E-state index contributed by atoms with van der Waals surface area (Å²) in [5.41, 5.74) is 1.36. The van der Waals surface area contributed by atoms with Gasteiger partial charge >= 0.3 is 0 Å². The van der Waals surface area contributed by atoms with E-state index in [0.717, 1.165) is 11.8 Å². The fourth-order valence-corrected chi connectivity index (χ4v) is 5.85. The number of hydrogen-bond acceptors (Lipinski definition) is 5. The van der Waals surface area contributed by atoms with E-state index < -0.39 is 19.9 Å². The van der Waals surface area contributed by atoms with Crippen molar-refractivity contribution in [3.05, 3.63) is 48.0 Å². The molecule has 1 N–H and O–H groups in total. The summed E-state index contributed by atoms with van der Waals surface area (Å²) < 4.78 is 55.7. The molecule has 144 valence electrons. The highest BCUT2D eigenvalue weighted by atomic mass is 32.2. The van der Waals surface area contributed by atoms with Crippen LogP contribution in [0, 0.1) is 5.92 Å². The third kappa shape index (κ3) is 4.11. The van der Waals surface area contributed by atoms with Crippen LogP contribution in [0.5, 0.6) is 11.5 Å². The number of sulfonamides is 1. The Labute approximate surface area is 159 Å². The summed E-state index contributed by atoms with van der Waals surface area (Å²) in [4.78, 5) is 0.388. The normalized spacial score (nSPS) is 21.3. The molecule has 1 saturated carbocycles. The fraction of sp³-hybridized carbons (Fsp3) is 0.368. The number of nitrogens with one attached hydrogen (secondary N) is 1. The second kappa shape index (κ2) is 6.53. The Morgan fingerprint density at radius 3 is 2.30 bits per heavy atom. The van der Waals surface area contributed by atoms with Gasteiger partial charge in [0.1, 0.15) is 11.5 Å². The molecule has 6 nitrogen and oxygen atoms in total. The van der Waals surface area contributed by atoms with E-state index in [1.54, 1.807) is 36.4 Å². The molecule has 1 aliphatic heterocycles. The number of hydrogen-bond donors (Lipinski definition) is 1. The standard InChI is InChI=1S/C19H21NO5S2/c1-26(21,22)20-14-4-6-15(7-5-14)25-16-8-9-18-17(13-2-3-13)10-11-27(23,24)19(18)12-16/h4-9,12-13,17,20H,2-3,10-11H2,1H3. The van der Waals surface area contributed by atoms with E-state index in [1.807, 2.05) is 6.07 Å². The maximum Gasteiger partial charge on any atom is 0.229 e. The number of anilines is 1. The average molecular weight is 408 g/mol. The van der Waals surface area contributed by atoms with E-state index in [-0.39, 0.29) is 5.75 Å². The molecule has 1 fully saturated rings. The smallest absolute Gasteiger partial charge is 0.229 e. The predicted molar refractivity (Wildman–Crippen MR) is 104 cm³/mol. The first-order valence-electron chi connectivity index (χ1n) is 8.84. The fourth-order valence-electron chi connectivity index (χ4n) is 3.63. The molecule has 1 heterocycles. The summed E-state index contributed by atoms with van der Waals surface area (Å²) in [5.74, 6) is 2.09. The third-order valence-electron chi connectivity index (χ3n) is 5.00. The first-order valence-corrected chi connectivity index (χ1v) is 12.4. The van der Waals surface area contributed by atoms with Gasteiger partial charge in [-0.05, 0) is 73.1 Å². The van der Waals surface area contributed by atoms with Crippen LogP contribution in [-0.2, 0) is 19.9 Å². The third-order valence-corrected chi connectivity index (χ3v) is 7.40. The molecule has 0 saturated heterocycles. The minimum Gasteiger partial charge on any atom is -0.457 e. The maximum absolute atomic E-state index is 12.5.